The van der Waals surface area contributed by atoms with Gasteiger partial charge >= 0.3 is 0 Å². The molecule has 0 radical (unpaired) electrons. The predicted molar refractivity (Wildman–Crippen MR) is 91.9 cm³/mol. The van der Waals surface area contributed by atoms with Crippen LogP contribution in [0, 0.1) is 0 Å². The lowest BCUT2D eigenvalue weighted by molar-refractivity contribution is 0.0962. The average molecular weight is 327 g/mol. The van der Waals surface area contributed by atoms with E-state index >= 15 is 0 Å². The van der Waals surface area contributed by atoms with Crippen molar-refractivity contribution in [1.29, 1.82) is 0 Å². The Balaban J connectivity index is 2.29. The van der Waals surface area contributed by atoms with Crippen LogP contribution < -0.4 is 20.7 Å². The molecule has 3 N–H and O–H groups in total. The number of carbonyl (C=O) groups is 1. The van der Waals surface area contributed by atoms with Gasteiger partial charge in [-0.05, 0) is 0 Å². The molecule has 0 bridgehead atoms. The summed E-state index contributed by atoms with van der Waals surface area (Å²) in [6.07, 6.45) is 1.64. The van der Waals surface area contributed by atoms with Crippen LogP contribution >= 0.6 is 23.1 Å². The molecular formula is C14H21N3O2S2. The fourth-order valence-electron chi connectivity index (χ4n) is 2.24. The highest BCUT2D eigenvalue weighted by Crippen LogP contribution is 2.45. The van der Waals surface area contributed by atoms with Crippen LogP contribution in [0.4, 0.5) is 10.7 Å². The first kappa shape index (κ1) is 16.0. The van der Waals surface area contributed by atoms with Crippen LogP contribution in [0.1, 0.15) is 16.6 Å². The summed E-state index contributed by atoms with van der Waals surface area (Å²) >= 11 is 3.36. The number of nitrogen functional groups attached to an aromatic ring is 1. The molecule has 1 aliphatic heterocycles. The molecule has 116 valence electrons. The molecule has 0 saturated carbocycles. The van der Waals surface area contributed by atoms with E-state index in [0.717, 1.165) is 23.8 Å². The van der Waals surface area contributed by atoms with Crippen LogP contribution in [0.3, 0.4) is 0 Å². The summed E-state index contributed by atoms with van der Waals surface area (Å²) in [5.74, 6) is 1.50. The summed E-state index contributed by atoms with van der Waals surface area (Å²) in [6.45, 7) is 8.10. The minimum Gasteiger partial charge on any atom is -0.492 e. The Labute approximate surface area is 133 Å². The van der Waals surface area contributed by atoms with Gasteiger partial charge in [0.25, 0.3) is 5.91 Å². The lowest BCUT2D eigenvalue weighted by Crippen LogP contribution is -2.36. The minimum atomic E-state index is -0.179. The van der Waals surface area contributed by atoms with Gasteiger partial charge < -0.3 is 20.7 Å². The molecule has 1 amide bonds. The van der Waals surface area contributed by atoms with Crippen molar-refractivity contribution in [1.82, 2.24) is 5.32 Å². The maximum Gasteiger partial charge on any atom is 0.263 e. The van der Waals surface area contributed by atoms with E-state index in [2.05, 4.69) is 23.7 Å². The van der Waals surface area contributed by atoms with Crippen LogP contribution in [0.5, 0.6) is 5.75 Å². The maximum atomic E-state index is 12.1. The smallest absolute Gasteiger partial charge is 0.263 e. The van der Waals surface area contributed by atoms with E-state index in [9.17, 15) is 4.79 Å². The molecule has 2 heterocycles. The van der Waals surface area contributed by atoms with E-state index in [0.29, 0.717) is 28.1 Å². The van der Waals surface area contributed by atoms with Gasteiger partial charge in [-0.1, -0.05) is 13.0 Å². The van der Waals surface area contributed by atoms with Gasteiger partial charge in [-0.3, -0.25) is 4.79 Å². The second-order valence-corrected chi connectivity index (χ2v) is 7.35. The molecule has 1 aromatic heterocycles. The molecule has 0 aromatic carbocycles. The summed E-state index contributed by atoms with van der Waals surface area (Å²) in [5, 5.41) is 4.27. The van der Waals surface area contributed by atoms with Crippen molar-refractivity contribution in [2.45, 2.75) is 12.2 Å². The average Bonchev–Trinajstić information content (AvgIpc) is 2.81. The Bertz CT molecular complexity index is 531. The number of nitrogens with one attached hydrogen (secondary N) is 1. The first-order valence-electron chi connectivity index (χ1n) is 6.80. The second-order valence-electron chi connectivity index (χ2n) is 4.81. The van der Waals surface area contributed by atoms with Crippen LogP contribution in [0.25, 0.3) is 0 Å². The summed E-state index contributed by atoms with van der Waals surface area (Å²) in [6, 6.07) is 0. The number of nitrogens with two attached hydrogens (primary N) is 1. The molecule has 1 fully saturated rings. The molecule has 0 spiro atoms. The molecule has 1 saturated heterocycles. The fourth-order valence-corrected chi connectivity index (χ4v) is 4.39. The maximum absolute atomic E-state index is 12.1. The van der Waals surface area contributed by atoms with Gasteiger partial charge in [0.1, 0.15) is 15.6 Å². The summed E-state index contributed by atoms with van der Waals surface area (Å²) in [5.41, 5.74) is 6.52. The Kier molecular flexibility index (Phi) is 5.41. The van der Waals surface area contributed by atoms with Crippen LogP contribution in [0.15, 0.2) is 12.7 Å². The number of amides is 1. The molecule has 7 heteroatoms. The zero-order valence-electron chi connectivity index (χ0n) is 12.3. The third-order valence-corrected chi connectivity index (χ3v) is 5.61. The highest BCUT2D eigenvalue weighted by molar-refractivity contribution is 8.00. The lowest BCUT2D eigenvalue weighted by atomic mass is 10.3. The number of methoxy groups -OCH3 is 1. The normalized spacial score (nSPS) is 18.4. The largest absolute Gasteiger partial charge is 0.492 e. The quantitative estimate of drug-likeness (QED) is 0.812. The van der Waals surface area contributed by atoms with Crippen LogP contribution in [0.2, 0.25) is 0 Å². The molecule has 1 unspecified atom stereocenters. The van der Waals surface area contributed by atoms with Crippen molar-refractivity contribution in [3.05, 3.63) is 17.5 Å². The van der Waals surface area contributed by atoms with Crippen LogP contribution in [-0.2, 0) is 0 Å². The third-order valence-electron chi connectivity index (χ3n) is 3.23. The predicted octanol–water partition coefficient (Wildman–Crippen LogP) is 2.20. The minimum absolute atomic E-state index is 0.179. The molecule has 1 aromatic rings. The van der Waals surface area contributed by atoms with Gasteiger partial charge in [0.05, 0.1) is 7.11 Å². The number of thiophene rings is 1. The Morgan fingerprint density at radius 3 is 3.05 bits per heavy atom. The van der Waals surface area contributed by atoms with E-state index < -0.39 is 0 Å². The molecule has 0 aliphatic carbocycles. The van der Waals surface area contributed by atoms with Crippen molar-refractivity contribution in [2.75, 3.05) is 43.1 Å². The van der Waals surface area contributed by atoms with Gasteiger partial charge in [-0.25, -0.2) is 0 Å². The number of thioether (sulfide) groups is 1. The number of rotatable bonds is 5. The van der Waals surface area contributed by atoms with Gasteiger partial charge in [0, 0.05) is 30.6 Å². The topological polar surface area (TPSA) is 67.6 Å². The molecule has 1 atom stereocenters. The molecular weight excluding hydrogens is 306 g/mol. The first-order chi connectivity index (χ1) is 10.1. The number of carbonyl (C=O) groups excluding carboxylic acids is 1. The number of ether oxygens (including phenoxy) is 1. The lowest BCUT2D eigenvalue weighted by Gasteiger charge is -2.31. The zero-order valence-corrected chi connectivity index (χ0v) is 14.0. The first-order valence-corrected chi connectivity index (χ1v) is 8.66. The van der Waals surface area contributed by atoms with Gasteiger partial charge in [-0.2, -0.15) is 11.8 Å². The van der Waals surface area contributed by atoms with Crippen molar-refractivity contribution in [2.24, 2.45) is 0 Å². The molecule has 21 heavy (non-hydrogen) atoms. The zero-order chi connectivity index (χ0) is 15.4. The molecule has 5 nitrogen and oxygen atoms in total. The number of anilines is 2. The van der Waals surface area contributed by atoms with Crippen molar-refractivity contribution < 1.29 is 9.53 Å². The van der Waals surface area contributed by atoms with Crippen molar-refractivity contribution in [3.8, 4) is 5.75 Å². The monoisotopic (exact) mass is 327 g/mol. The van der Waals surface area contributed by atoms with E-state index in [-0.39, 0.29) is 5.91 Å². The number of hydrogen-bond acceptors (Lipinski definition) is 6. The Morgan fingerprint density at radius 1 is 1.67 bits per heavy atom. The Morgan fingerprint density at radius 2 is 2.43 bits per heavy atom. The van der Waals surface area contributed by atoms with Gasteiger partial charge in [0.15, 0.2) is 5.75 Å². The van der Waals surface area contributed by atoms with E-state index in [1.807, 2.05) is 11.8 Å². The highest BCUT2D eigenvalue weighted by Gasteiger charge is 2.27. The number of hydrogen-bond donors (Lipinski definition) is 2. The van der Waals surface area contributed by atoms with Crippen molar-refractivity contribution in [3.63, 3.8) is 0 Å². The highest BCUT2D eigenvalue weighted by atomic mass is 32.2. The fraction of sp³-hybridized carbons (Fsp3) is 0.500. The molecule has 1 aliphatic rings. The standard InChI is InChI=1S/C14H21N3O2S2/c1-4-5-16-13(18)12-10(15)11(19-3)14(21-12)17-6-7-20-9(2)8-17/h4,9H,1,5-8,15H2,2-3H3,(H,16,18). The molecule has 2 rings (SSSR count). The SMILES string of the molecule is C=CCNC(=O)c1sc(N2CCSC(C)C2)c(OC)c1N. The van der Waals surface area contributed by atoms with E-state index in [1.165, 1.54) is 11.3 Å². The summed E-state index contributed by atoms with van der Waals surface area (Å²) in [7, 11) is 1.59. The second kappa shape index (κ2) is 7.09. The summed E-state index contributed by atoms with van der Waals surface area (Å²) in [4.78, 5) is 14.9. The summed E-state index contributed by atoms with van der Waals surface area (Å²) < 4.78 is 5.44. The van der Waals surface area contributed by atoms with Gasteiger partial charge in [0.2, 0.25) is 0 Å². The third kappa shape index (κ3) is 3.47. The van der Waals surface area contributed by atoms with Crippen LogP contribution in [-0.4, -0.2) is 43.7 Å². The van der Waals surface area contributed by atoms with E-state index in [1.54, 1.807) is 13.2 Å². The van der Waals surface area contributed by atoms with Crippen molar-refractivity contribution >= 4 is 39.7 Å². The van der Waals surface area contributed by atoms with Gasteiger partial charge in [-0.15, -0.1) is 17.9 Å². The van der Waals surface area contributed by atoms with E-state index in [4.69, 9.17) is 10.5 Å². The Hall–Kier alpha value is -1.34. The number of nitrogens with zero attached hydrogens (tertiary/aromatic N) is 1.